The largest absolute Gasteiger partial charge is 0.379 e. The van der Waals surface area contributed by atoms with Crippen LogP contribution >= 0.6 is 0 Å². The van der Waals surface area contributed by atoms with Crippen LogP contribution in [-0.4, -0.2) is 65.3 Å². The number of benzene rings is 2. The average Bonchev–Trinajstić information content (AvgIpc) is 3.20. The quantitative estimate of drug-likeness (QED) is 0.665. The molecule has 5 rings (SSSR count). The maximum atomic E-state index is 13.6. The molecule has 32 heavy (non-hydrogen) atoms. The van der Waals surface area contributed by atoms with Gasteiger partial charge < -0.3 is 9.64 Å². The van der Waals surface area contributed by atoms with Gasteiger partial charge in [-0.15, -0.1) is 0 Å². The summed E-state index contributed by atoms with van der Waals surface area (Å²) in [5, 5.41) is 8.39. The first-order valence-electron chi connectivity index (χ1n) is 11.9. The Labute approximate surface area is 189 Å². The molecule has 6 nitrogen and oxygen atoms in total. The van der Waals surface area contributed by atoms with Crippen molar-refractivity contribution in [3.8, 4) is 0 Å². The normalized spacial score (nSPS) is 20.4. The number of likely N-dealkylation sites (tertiary alicyclic amines) is 1. The van der Waals surface area contributed by atoms with E-state index >= 15 is 0 Å². The third-order valence-electron chi connectivity index (χ3n) is 6.80. The Morgan fingerprint density at radius 2 is 1.88 bits per heavy atom. The van der Waals surface area contributed by atoms with E-state index in [0.717, 1.165) is 48.1 Å². The summed E-state index contributed by atoms with van der Waals surface area (Å²) in [6.45, 7) is 5.73. The van der Waals surface area contributed by atoms with Gasteiger partial charge in [-0.05, 0) is 55.6 Å². The van der Waals surface area contributed by atoms with E-state index in [9.17, 15) is 4.79 Å². The fourth-order valence-corrected chi connectivity index (χ4v) is 5.10. The molecule has 2 fully saturated rings. The molecule has 0 saturated carbocycles. The van der Waals surface area contributed by atoms with Crippen molar-refractivity contribution < 1.29 is 9.53 Å². The van der Waals surface area contributed by atoms with Gasteiger partial charge >= 0.3 is 0 Å². The molecule has 1 N–H and O–H groups in total. The van der Waals surface area contributed by atoms with Gasteiger partial charge in [-0.3, -0.25) is 14.8 Å². The van der Waals surface area contributed by atoms with Crippen LogP contribution in [0.2, 0.25) is 0 Å². The Morgan fingerprint density at radius 1 is 1.03 bits per heavy atom. The van der Waals surface area contributed by atoms with E-state index in [-0.39, 0.29) is 11.8 Å². The van der Waals surface area contributed by atoms with E-state index in [4.69, 9.17) is 4.74 Å². The molecule has 168 valence electrons. The highest BCUT2D eigenvalue weighted by molar-refractivity contribution is 5.95. The monoisotopic (exact) mass is 432 g/mol. The molecule has 1 aromatic heterocycles. The third kappa shape index (κ3) is 4.71. The lowest BCUT2D eigenvalue weighted by atomic mass is 9.96. The molecule has 6 heteroatoms. The molecule has 0 aliphatic carbocycles. The number of ether oxygens (including phenoxy) is 1. The van der Waals surface area contributed by atoms with Crippen molar-refractivity contribution in [1.82, 2.24) is 20.0 Å². The summed E-state index contributed by atoms with van der Waals surface area (Å²) in [7, 11) is 0. The minimum atomic E-state index is 0.134. The number of amides is 1. The molecule has 2 saturated heterocycles. The molecular weight excluding hydrogens is 400 g/mol. The molecular formula is C26H32N4O2. The lowest BCUT2D eigenvalue weighted by molar-refractivity contribution is 0.0734. The van der Waals surface area contributed by atoms with Gasteiger partial charge in [-0.1, -0.05) is 36.8 Å². The first-order chi connectivity index (χ1) is 15.8. The molecule has 0 spiro atoms. The first-order valence-corrected chi connectivity index (χ1v) is 11.9. The van der Waals surface area contributed by atoms with Crippen molar-refractivity contribution in [3.05, 3.63) is 65.4 Å². The van der Waals surface area contributed by atoms with E-state index < -0.39 is 0 Å². The van der Waals surface area contributed by atoms with Gasteiger partial charge in [-0.25, -0.2) is 0 Å². The Balaban J connectivity index is 1.32. The zero-order valence-corrected chi connectivity index (χ0v) is 18.6. The number of rotatable bonds is 5. The summed E-state index contributed by atoms with van der Waals surface area (Å²) < 4.78 is 5.92. The Kier molecular flexibility index (Phi) is 6.51. The predicted octanol–water partition coefficient (Wildman–Crippen LogP) is 3.88. The molecule has 2 aromatic carbocycles. The second kappa shape index (κ2) is 9.84. The highest BCUT2D eigenvalue weighted by atomic mass is 16.5. The van der Waals surface area contributed by atoms with Crippen molar-refractivity contribution in [3.63, 3.8) is 0 Å². The van der Waals surface area contributed by atoms with Gasteiger partial charge in [0.2, 0.25) is 0 Å². The van der Waals surface area contributed by atoms with Crippen LogP contribution in [0.3, 0.4) is 0 Å². The Bertz CT molecular complexity index is 1060. The molecule has 0 bridgehead atoms. The van der Waals surface area contributed by atoms with Crippen LogP contribution in [0.5, 0.6) is 0 Å². The number of aromatic nitrogens is 2. The highest BCUT2D eigenvalue weighted by Gasteiger charge is 2.26. The Morgan fingerprint density at radius 3 is 2.78 bits per heavy atom. The number of nitrogens with zero attached hydrogens (tertiary/aromatic N) is 3. The number of nitrogens with one attached hydrogen (secondary N) is 1. The number of piperidine rings is 1. The van der Waals surface area contributed by atoms with Gasteiger partial charge in [0.25, 0.3) is 5.91 Å². The number of hydrogen-bond acceptors (Lipinski definition) is 4. The lowest BCUT2D eigenvalue weighted by Gasteiger charge is -2.28. The van der Waals surface area contributed by atoms with Crippen molar-refractivity contribution in [1.29, 1.82) is 0 Å². The average molecular weight is 433 g/mol. The van der Waals surface area contributed by atoms with E-state index in [2.05, 4.69) is 39.4 Å². The van der Waals surface area contributed by atoms with Crippen LogP contribution in [0.25, 0.3) is 10.9 Å². The second-order valence-corrected chi connectivity index (χ2v) is 9.14. The molecule has 3 heterocycles. The molecule has 3 aromatic rings. The van der Waals surface area contributed by atoms with Crippen molar-refractivity contribution in [2.45, 2.75) is 32.2 Å². The molecule has 1 amide bonds. The van der Waals surface area contributed by atoms with Crippen LogP contribution in [0.4, 0.5) is 0 Å². The topological polar surface area (TPSA) is 61.5 Å². The minimum absolute atomic E-state index is 0.134. The highest BCUT2D eigenvalue weighted by Crippen LogP contribution is 2.23. The molecule has 0 radical (unpaired) electrons. The summed E-state index contributed by atoms with van der Waals surface area (Å²) in [5.74, 6) is 0.394. The summed E-state index contributed by atoms with van der Waals surface area (Å²) >= 11 is 0. The summed E-state index contributed by atoms with van der Waals surface area (Å²) in [6, 6.07) is 14.4. The molecule has 2 aliphatic rings. The fraction of sp³-hybridized carbons (Fsp3) is 0.462. The van der Waals surface area contributed by atoms with Crippen molar-refractivity contribution >= 4 is 16.8 Å². The van der Waals surface area contributed by atoms with Gasteiger partial charge in [0, 0.05) is 36.5 Å². The lowest BCUT2D eigenvalue weighted by Crippen LogP contribution is -2.37. The van der Waals surface area contributed by atoms with Gasteiger partial charge in [-0.2, -0.15) is 5.10 Å². The summed E-state index contributed by atoms with van der Waals surface area (Å²) in [6.07, 6.45) is 6.59. The summed E-state index contributed by atoms with van der Waals surface area (Å²) in [4.78, 5) is 18.1. The number of carbonyl (C=O) groups is 1. The Hall–Kier alpha value is -2.70. The number of aromatic amines is 1. The smallest absolute Gasteiger partial charge is 0.254 e. The number of hydrogen-bond donors (Lipinski definition) is 1. The molecule has 2 aliphatic heterocycles. The van der Waals surface area contributed by atoms with Gasteiger partial charge in [0.1, 0.15) is 0 Å². The van der Waals surface area contributed by atoms with Crippen LogP contribution in [0, 0.1) is 5.92 Å². The van der Waals surface area contributed by atoms with Crippen LogP contribution < -0.4 is 0 Å². The standard InChI is InChI=1S/C26H32N4O2/c31-26(23-9-3-2-7-22(23)18-29-11-4-1-5-12-29)30-13-14-32-19-20(17-30)15-21-8-6-10-25-24(21)16-27-28-25/h2-3,6-10,16,20H,1,4-5,11-15,17-19H2,(H,27,28). The van der Waals surface area contributed by atoms with Gasteiger partial charge in [0.05, 0.1) is 24.9 Å². The van der Waals surface area contributed by atoms with E-state index in [0.29, 0.717) is 26.3 Å². The zero-order chi connectivity index (χ0) is 21.8. The molecule has 1 atom stereocenters. The molecule has 1 unspecified atom stereocenters. The SMILES string of the molecule is O=C(c1ccccc1CN1CCCCC1)N1CCOCC(Cc2cccc3[nH]ncc23)C1. The second-order valence-electron chi connectivity index (χ2n) is 9.14. The maximum Gasteiger partial charge on any atom is 0.254 e. The first kappa shape index (κ1) is 21.2. The number of H-pyrrole nitrogens is 1. The number of carbonyl (C=O) groups excluding carboxylic acids is 1. The predicted molar refractivity (Wildman–Crippen MR) is 126 cm³/mol. The van der Waals surface area contributed by atoms with Crippen LogP contribution in [0.15, 0.2) is 48.7 Å². The zero-order valence-electron chi connectivity index (χ0n) is 18.6. The van der Waals surface area contributed by atoms with Crippen LogP contribution in [-0.2, 0) is 17.7 Å². The van der Waals surface area contributed by atoms with Crippen LogP contribution in [0.1, 0.15) is 40.7 Å². The fourth-order valence-electron chi connectivity index (χ4n) is 5.10. The third-order valence-corrected chi connectivity index (χ3v) is 6.80. The number of fused-ring (bicyclic) bond motifs is 1. The maximum absolute atomic E-state index is 13.6. The van der Waals surface area contributed by atoms with E-state index in [1.165, 1.54) is 24.8 Å². The summed E-state index contributed by atoms with van der Waals surface area (Å²) in [5.41, 5.74) is 4.29. The minimum Gasteiger partial charge on any atom is -0.379 e. The van der Waals surface area contributed by atoms with Crippen molar-refractivity contribution in [2.75, 3.05) is 39.4 Å². The van der Waals surface area contributed by atoms with Gasteiger partial charge in [0.15, 0.2) is 0 Å². The van der Waals surface area contributed by atoms with Crippen molar-refractivity contribution in [2.24, 2.45) is 5.92 Å². The van der Waals surface area contributed by atoms with E-state index in [1.54, 1.807) is 0 Å². The van der Waals surface area contributed by atoms with E-state index in [1.807, 2.05) is 29.3 Å².